The minimum absolute atomic E-state index is 0.0736. The number of hydrogen-bond donors (Lipinski definition) is 0. The van der Waals surface area contributed by atoms with E-state index in [1.807, 2.05) is 0 Å². The van der Waals surface area contributed by atoms with E-state index in [-0.39, 0.29) is 10.6 Å². The minimum atomic E-state index is -3.76. The summed E-state index contributed by atoms with van der Waals surface area (Å²) in [5.74, 6) is 0. The van der Waals surface area contributed by atoms with E-state index in [2.05, 4.69) is 0 Å². The summed E-state index contributed by atoms with van der Waals surface area (Å²) < 4.78 is 25.2. The van der Waals surface area contributed by atoms with E-state index in [1.54, 1.807) is 18.2 Å². The molecule has 6 heteroatoms. The molecule has 0 saturated carbocycles. The number of nitrogens with zero attached hydrogens (tertiary/aromatic N) is 1. The first-order chi connectivity index (χ1) is 8.03. The molecule has 0 saturated heterocycles. The average molecular weight is 270 g/mol. The lowest BCUT2D eigenvalue weighted by Crippen LogP contribution is -2.15. The molecule has 0 aliphatic heterocycles. The number of hydrogen-bond acceptors (Lipinski definition) is 3. The molecule has 0 aliphatic rings. The number of aromatic nitrogens is 1. The van der Waals surface area contributed by atoms with Crippen LogP contribution in [0.25, 0.3) is 0 Å². The summed E-state index contributed by atoms with van der Waals surface area (Å²) in [6.45, 7) is 0. The second-order valence-electron chi connectivity index (χ2n) is 3.28. The molecule has 88 valence electrons. The predicted molar refractivity (Wildman–Crippen MR) is 63.6 cm³/mol. The highest BCUT2D eigenvalue weighted by Crippen LogP contribution is 2.17. The molecule has 0 fully saturated rings. The van der Waals surface area contributed by atoms with Crippen molar-refractivity contribution in [2.45, 2.75) is 4.90 Å². The number of halogens is 1. The first-order valence-electron chi connectivity index (χ1n) is 4.71. The van der Waals surface area contributed by atoms with Crippen LogP contribution in [-0.2, 0) is 10.0 Å². The summed E-state index contributed by atoms with van der Waals surface area (Å²) in [6, 6.07) is 10.7. The number of carbonyl (C=O) groups is 1. The quantitative estimate of drug-likeness (QED) is 0.802. The van der Waals surface area contributed by atoms with E-state index in [9.17, 15) is 13.2 Å². The molecule has 0 bridgehead atoms. The van der Waals surface area contributed by atoms with Crippen LogP contribution in [0.3, 0.4) is 0 Å². The average Bonchev–Trinajstić information content (AvgIpc) is 2.80. The van der Waals surface area contributed by atoms with Crippen LogP contribution < -0.4 is 0 Å². The zero-order chi connectivity index (χ0) is 12.5. The van der Waals surface area contributed by atoms with Crippen molar-refractivity contribution < 1.29 is 13.2 Å². The fourth-order valence-electron chi connectivity index (χ4n) is 1.43. The summed E-state index contributed by atoms with van der Waals surface area (Å²) in [7, 11) is -3.76. The van der Waals surface area contributed by atoms with Gasteiger partial charge in [-0.3, -0.25) is 4.79 Å². The monoisotopic (exact) mass is 269 g/mol. The Bertz CT molecular complexity index is 646. The molecule has 1 heterocycles. The largest absolute Gasteiger partial charge is 0.274 e. The van der Waals surface area contributed by atoms with E-state index in [1.165, 1.54) is 30.5 Å². The van der Waals surface area contributed by atoms with Crippen molar-refractivity contribution in [3.8, 4) is 0 Å². The third kappa shape index (κ3) is 2.11. The molecule has 4 nitrogen and oxygen atoms in total. The van der Waals surface area contributed by atoms with Crippen molar-refractivity contribution in [1.29, 1.82) is 0 Å². The number of carbonyl (C=O) groups excluding carboxylic acids is 1. The molecule has 0 unspecified atom stereocenters. The summed E-state index contributed by atoms with van der Waals surface area (Å²) in [5, 5.41) is -0.811. The van der Waals surface area contributed by atoms with Crippen molar-refractivity contribution >= 4 is 26.9 Å². The van der Waals surface area contributed by atoms with Crippen molar-refractivity contribution in [2.24, 2.45) is 0 Å². The van der Waals surface area contributed by atoms with Gasteiger partial charge in [0.05, 0.1) is 4.90 Å². The van der Waals surface area contributed by atoms with Gasteiger partial charge in [-0.2, -0.15) is 0 Å². The Labute approximate surface area is 103 Å². The van der Waals surface area contributed by atoms with E-state index < -0.39 is 15.3 Å². The van der Waals surface area contributed by atoms with Crippen molar-refractivity contribution in [1.82, 2.24) is 3.97 Å². The molecule has 2 rings (SSSR count). The van der Waals surface area contributed by atoms with Gasteiger partial charge in [0.1, 0.15) is 5.69 Å². The third-order valence-corrected chi connectivity index (χ3v) is 4.11. The molecule has 0 aliphatic carbocycles. The van der Waals surface area contributed by atoms with Crippen molar-refractivity contribution in [2.75, 3.05) is 0 Å². The molecule has 0 spiro atoms. The van der Waals surface area contributed by atoms with E-state index >= 15 is 0 Å². The molecular weight excluding hydrogens is 262 g/mol. The summed E-state index contributed by atoms with van der Waals surface area (Å²) in [6.07, 6.45) is 1.29. The van der Waals surface area contributed by atoms with Crippen LogP contribution >= 0.6 is 11.6 Å². The number of rotatable bonds is 3. The minimum Gasteiger partial charge on any atom is -0.274 e. The molecular formula is C11H8ClNO3S. The summed E-state index contributed by atoms with van der Waals surface area (Å²) >= 11 is 5.32. The first kappa shape index (κ1) is 11.9. The van der Waals surface area contributed by atoms with E-state index in [0.717, 1.165) is 3.97 Å². The van der Waals surface area contributed by atoms with E-state index in [4.69, 9.17) is 11.6 Å². The maximum Gasteiger partial charge on any atom is 0.269 e. The van der Waals surface area contributed by atoms with Gasteiger partial charge in [0.15, 0.2) is 0 Å². The highest BCUT2D eigenvalue weighted by molar-refractivity contribution is 7.90. The molecule has 1 aromatic carbocycles. The van der Waals surface area contributed by atoms with Gasteiger partial charge in [0.25, 0.3) is 15.3 Å². The second-order valence-corrected chi connectivity index (χ2v) is 5.44. The third-order valence-electron chi connectivity index (χ3n) is 2.21. The fraction of sp³-hybridized carbons (Fsp3) is 0. The highest BCUT2D eigenvalue weighted by Gasteiger charge is 2.21. The van der Waals surface area contributed by atoms with Gasteiger partial charge >= 0.3 is 0 Å². The van der Waals surface area contributed by atoms with Gasteiger partial charge < -0.3 is 0 Å². The lowest BCUT2D eigenvalue weighted by atomic mass is 10.4. The van der Waals surface area contributed by atoms with Gasteiger partial charge in [-0.1, -0.05) is 18.2 Å². The zero-order valence-corrected chi connectivity index (χ0v) is 10.1. The fourth-order valence-corrected chi connectivity index (χ4v) is 3.00. The van der Waals surface area contributed by atoms with E-state index in [0.29, 0.717) is 0 Å². The van der Waals surface area contributed by atoms with Gasteiger partial charge in [0, 0.05) is 6.20 Å². The number of benzene rings is 1. The molecule has 2 aromatic rings. The standard InChI is InChI=1S/C11H8ClNO3S/c12-11(14)10-7-4-8-13(10)17(15,16)9-5-2-1-3-6-9/h1-8H. The normalized spacial score (nSPS) is 11.4. The topological polar surface area (TPSA) is 56.1 Å². The Balaban J connectivity index is 2.61. The smallest absolute Gasteiger partial charge is 0.269 e. The van der Waals surface area contributed by atoms with Crippen LogP contribution in [-0.4, -0.2) is 17.6 Å². The Morgan fingerprint density at radius 2 is 1.71 bits per heavy atom. The van der Waals surface area contributed by atoms with Crippen LogP contribution in [0.1, 0.15) is 10.5 Å². The first-order valence-corrected chi connectivity index (χ1v) is 6.53. The lowest BCUT2D eigenvalue weighted by molar-refractivity contribution is 0.107. The summed E-state index contributed by atoms with van der Waals surface area (Å²) in [4.78, 5) is 11.2. The molecule has 1 aromatic heterocycles. The predicted octanol–water partition coefficient (Wildman–Crippen LogP) is 2.10. The Hall–Kier alpha value is -1.59. The maximum absolute atomic E-state index is 12.2. The molecule has 0 atom stereocenters. The zero-order valence-electron chi connectivity index (χ0n) is 8.58. The lowest BCUT2D eigenvalue weighted by Gasteiger charge is -2.07. The Kier molecular flexibility index (Phi) is 3.04. The summed E-state index contributed by atoms with van der Waals surface area (Å²) in [5.41, 5.74) is -0.0736. The van der Waals surface area contributed by atoms with Crippen LogP contribution in [0, 0.1) is 0 Å². The highest BCUT2D eigenvalue weighted by atomic mass is 35.5. The van der Waals surface area contributed by atoms with Crippen molar-refractivity contribution in [3.05, 3.63) is 54.4 Å². The van der Waals surface area contributed by atoms with Gasteiger partial charge in [-0.25, -0.2) is 12.4 Å². The molecule has 0 N–H and O–H groups in total. The van der Waals surface area contributed by atoms with Crippen LogP contribution in [0.2, 0.25) is 0 Å². The van der Waals surface area contributed by atoms with Gasteiger partial charge in [0.2, 0.25) is 0 Å². The van der Waals surface area contributed by atoms with Crippen LogP contribution in [0.5, 0.6) is 0 Å². The SMILES string of the molecule is O=C(Cl)c1cccn1S(=O)(=O)c1ccccc1. The van der Waals surface area contributed by atoms with Gasteiger partial charge in [-0.15, -0.1) is 0 Å². The maximum atomic E-state index is 12.2. The molecule has 17 heavy (non-hydrogen) atoms. The second kappa shape index (κ2) is 4.35. The Morgan fingerprint density at radius 3 is 2.29 bits per heavy atom. The van der Waals surface area contributed by atoms with Crippen molar-refractivity contribution in [3.63, 3.8) is 0 Å². The molecule has 0 radical (unpaired) electrons. The Morgan fingerprint density at radius 1 is 1.06 bits per heavy atom. The van der Waals surface area contributed by atoms with Crippen LogP contribution in [0.15, 0.2) is 53.6 Å². The van der Waals surface area contributed by atoms with Crippen LogP contribution in [0.4, 0.5) is 0 Å². The van der Waals surface area contributed by atoms with Gasteiger partial charge in [-0.05, 0) is 35.9 Å². The molecule has 0 amide bonds.